The second-order valence-corrected chi connectivity index (χ2v) is 7.26. The summed E-state index contributed by atoms with van der Waals surface area (Å²) in [6.45, 7) is 5.67. The molecule has 1 aromatic heterocycles. The third-order valence-corrected chi connectivity index (χ3v) is 4.92. The van der Waals surface area contributed by atoms with Crippen molar-refractivity contribution in [2.75, 3.05) is 0 Å². The van der Waals surface area contributed by atoms with E-state index in [-0.39, 0.29) is 21.7 Å². The van der Waals surface area contributed by atoms with Gasteiger partial charge in [0.2, 0.25) is 15.7 Å². The van der Waals surface area contributed by atoms with E-state index in [1.54, 1.807) is 28.9 Å². The van der Waals surface area contributed by atoms with Crippen LogP contribution < -0.4 is 5.32 Å². The van der Waals surface area contributed by atoms with Crippen LogP contribution in [0.1, 0.15) is 32.4 Å². The Morgan fingerprint density at radius 2 is 1.86 bits per heavy atom. The lowest BCUT2D eigenvalue weighted by Gasteiger charge is -2.06. The highest BCUT2D eigenvalue weighted by Crippen LogP contribution is 2.21. The highest BCUT2D eigenvalue weighted by Gasteiger charge is 2.20. The van der Waals surface area contributed by atoms with E-state index < -0.39 is 9.84 Å². The molecule has 1 aromatic carbocycles. The maximum absolute atomic E-state index is 12.5. The largest absolute Gasteiger partial charge is 0.352 e. The van der Waals surface area contributed by atoms with E-state index in [2.05, 4.69) is 10.4 Å². The molecular formula is C15H19N3O3S. The molecule has 6 nitrogen and oxygen atoms in total. The zero-order valence-corrected chi connectivity index (χ0v) is 13.6. The number of aromatic nitrogens is 2. The molecular weight excluding hydrogens is 302 g/mol. The Labute approximate surface area is 130 Å². The molecule has 0 fully saturated rings. The fourth-order valence-electron chi connectivity index (χ4n) is 1.89. The van der Waals surface area contributed by atoms with E-state index in [0.717, 1.165) is 5.56 Å². The van der Waals surface area contributed by atoms with Crippen molar-refractivity contribution < 1.29 is 13.2 Å². The molecule has 0 atom stereocenters. The standard InChI is InChI=1S/C15H19N3O3S/c1-11(2)18-10-15(9-17-18)22(20,21)14-6-4-13(5-7-14)8-16-12(3)19/h4-7,9-11H,8H2,1-3H3,(H,16,19). The van der Waals surface area contributed by atoms with Crippen LogP contribution in [0.25, 0.3) is 0 Å². The third-order valence-electron chi connectivity index (χ3n) is 3.19. The van der Waals surface area contributed by atoms with Crippen LogP contribution in [0.3, 0.4) is 0 Å². The van der Waals surface area contributed by atoms with Gasteiger partial charge in [-0.2, -0.15) is 5.10 Å². The zero-order valence-electron chi connectivity index (χ0n) is 12.8. The lowest BCUT2D eigenvalue weighted by Crippen LogP contribution is -2.18. The highest BCUT2D eigenvalue weighted by atomic mass is 32.2. The summed E-state index contributed by atoms with van der Waals surface area (Å²) < 4.78 is 26.7. The van der Waals surface area contributed by atoms with Gasteiger partial charge in [0.05, 0.1) is 11.1 Å². The summed E-state index contributed by atoms with van der Waals surface area (Å²) in [6, 6.07) is 6.56. The number of sulfone groups is 1. The fraction of sp³-hybridized carbons (Fsp3) is 0.333. The highest BCUT2D eigenvalue weighted by molar-refractivity contribution is 7.91. The number of hydrogen-bond donors (Lipinski definition) is 1. The smallest absolute Gasteiger partial charge is 0.217 e. The van der Waals surface area contributed by atoms with Crippen molar-refractivity contribution in [3.8, 4) is 0 Å². The number of nitrogens with one attached hydrogen (secondary N) is 1. The first kappa shape index (κ1) is 16.2. The lowest BCUT2D eigenvalue weighted by molar-refractivity contribution is -0.119. The Bertz CT molecular complexity index is 762. The molecule has 1 N–H and O–H groups in total. The van der Waals surface area contributed by atoms with E-state index in [4.69, 9.17) is 0 Å². The van der Waals surface area contributed by atoms with Crippen molar-refractivity contribution in [2.24, 2.45) is 0 Å². The summed E-state index contributed by atoms with van der Waals surface area (Å²) in [5.74, 6) is -0.127. The molecule has 0 spiro atoms. The average molecular weight is 321 g/mol. The molecule has 1 amide bonds. The molecule has 0 saturated heterocycles. The number of amides is 1. The Morgan fingerprint density at radius 1 is 1.23 bits per heavy atom. The first-order valence-electron chi connectivity index (χ1n) is 6.93. The normalized spacial score (nSPS) is 11.6. The van der Waals surface area contributed by atoms with Crippen LogP contribution in [0.5, 0.6) is 0 Å². The average Bonchev–Trinajstić information content (AvgIpc) is 2.96. The third kappa shape index (κ3) is 3.54. The zero-order chi connectivity index (χ0) is 16.3. The van der Waals surface area contributed by atoms with E-state index in [9.17, 15) is 13.2 Å². The van der Waals surface area contributed by atoms with Crippen LogP contribution in [0.4, 0.5) is 0 Å². The molecule has 0 radical (unpaired) electrons. The summed E-state index contributed by atoms with van der Waals surface area (Å²) in [4.78, 5) is 11.3. The minimum absolute atomic E-state index is 0.101. The monoisotopic (exact) mass is 321 g/mol. The van der Waals surface area contributed by atoms with Gasteiger partial charge in [0.1, 0.15) is 4.90 Å². The maximum Gasteiger partial charge on any atom is 0.217 e. The molecule has 7 heteroatoms. The lowest BCUT2D eigenvalue weighted by atomic mass is 10.2. The Morgan fingerprint density at radius 3 is 2.36 bits per heavy atom. The molecule has 118 valence electrons. The number of hydrogen-bond acceptors (Lipinski definition) is 4. The van der Waals surface area contributed by atoms with Gasteiger partial charge in [-0.3, -0.25) is 9.48 Å². The van der Waals surface area contributed by atoms with Gasteiger partial charge in [0, 0.05) is 25.7 Å². The molecule has 0 aliphatic heterocycles. The van der Waals surface area contributed by atoms with Gasteiger partial charge in [0.15, 0.2) is 0 Å². The van der Waals surface area contributed by atoms with Crippen LogP contribution in [0.15, 0.2) is 46.5 Å². The van der Waals surface area contributed by atoms with Gasteiger partial charge >= 0.3 is 0 Å². The molecule has 2 aromatic rings. The second kappa shape index (κ2) is 6.31. The molecule has 2 rings (SSSR count). The number of nitrogens with zero attached hydrogens (tertiary/aromatic N) is 2. The second-order valence-electron chi connectivity index (χ2n) is 5.31. The van der Waals surface area contributed by atoms with Gasteiger partial charge < -0.3 is 5.32 Å². The van der Waals surface area contributed by atoms with Crippen molar-refractivity contribution in [1.82, 2.24) is 15.1 Å². The van der Waals surface area contributed by atoms with Crippen LogP contribution in [-0.2, 0) is 21.2 Å². The summed E-state index contributed by atoms with van der Waals surface area (Å²) in [6.07, 6.45) is 2.89. The van der Waals surface area contributed by atoms with Gasteiger partial charge in [-0.1, -0.05) is 12.1 Å². The van der Waals surface area contributed by atoms with Crippen LogP contribution in [0, 0.1) is 0 Å². The molecule has 0 aliphatic rings. The first-order valence-corrected chi connectivity index (χ1v) is 8.41. The number of carbonyl (C=O) groups is 1. The SMILES string of the molecule is CC(=O)NCc1ccc(S(=O)(=O)c2cnn(C(C)C)c2)cc1. The van der Waals surface area contributed by atoms with Gasteiger partial charge in [0.25, 0.3) is 0 Å². The Hall–Kier alpha value is -2.15. The number of rotatable bonds is 5. The van der Waals surface area contributed by atoms with E-state index in [1.807, 2.05) is 13.8 Å². The molecule has 0 aliphatic carbocycles. The maximum atomic E-state index is 12.5. The molecule has 1 heterocycles. The number of benzene rings is 1. The van der Waals surface area contributed by atoms with E-state index in [1.165, 1.54) is 19.3 Å². The van der Waals surface area contributed by atoms with Crippen molar-refractivity contribution >= 4 is 15.7 Å². The molecule has 0 bridgehead atoms. The van der Waals surface area contributed by atoms with Crippen molar-refractivity contribution in [3.05, 3.63) is 42.2 Å². The topological polar surface area (TPSA) is 81.1 Å². The summed E-state index contributed by atoms with van der Waals surface area (Å²) in [5, 5.41) is 6.73. The quantitative estimate of drug-likeness (QED) is 0.912. The Kier molecular flexibility index (Phi) is 4.65. The van der Waals surface area contributed by atoms with Gasteiger partial charge in [-0.15, -0.1) is 0 Å². The van der Waals surface area contributed by atoms with Crippen LogP contribution in [0.2, 0.25) is 0 Å². The predicted molar refractivity (Wildman–Crippen MR) is 82.0 cm³/mol. The minimum atomic E-state index is -3.57. The van der Waals surface area contributed by atoms with E-state index in [0.29, 0.717) is 6.54 Å². The molecule has 22 heavy (non-hydrogen) atoms. The van der Waals surface area contributed by atoms with Gasteiger partial charge in [-0.05, 0) is 31.5 Å². The predicted octanol–water partition coefficient (Wildman–Crippen LogP) is 1.93. The summed E-state index contributed by atoms with van der Waals surface area (Å²) >= 11 is 0. The first-order chi connectivity index (χ1) is 10.3. The minimum Gasteiger partial charge on any atom is -0.352 e. The van der Waals surface area contributed by atoms with Crippen LogP contribution >= 0.6 is 0 Å². The summed E-state index contributed by atoms with van der Waals surface area (Å²) in [5.41, 5.74) is 0.840. The van der Waals surface area contributed by atoms with E-state index >= 15 is 0 Å². The van der Waals surface area contributed by atoms with Gasteiger partial charge in [-0.25, -0.2) is 8.42 Å². The summed E-state index contributed by atoms with van der Waals surface area (Å²) in [7, 11) is -3.57. The molecule has 0 saturated carbocycles. The van der Waals surface area contributed by atoms with Crippen molar-refractivity contribution in [1.29, 1.82) is 0 Å². The van der Waals surface area contributed by atoms with Crippen LogP contribution in [-0.4, -0.2) is 24.1 Å². The fourth-order valence-corrected chi connectivity index (χ4v) is 3.09. The number of carbonyl (C=O) groups excluding carboxylic acids is 1. The van der Waals surface area contributed by atoms with Crippen molar-refractivity contribution in [3.63, 3.8) is 0 Å². The molecule has 0 unspecified atom stereocenters. The Balaban J connectivity index is 2.23. The van der Waals surface area contributed by atoms with Crippen molar-refractivity contribution in [2.45, 2.75) is 43.1 Å².